The van der Waals surface area contributed by atoms with Gasteiger partial charge in [-0.3, -0.25) is 9.59 Å². The lowest BCUT2D eigenvalue weighted by Crippen LogP contribution is -2.38. The summed E-state index contributed by atoms with van der Waals surface area (Å²) in [5.41, 5.74) is 0.386. The first kappa shape index (κ1) is 19.4. The van der Waals surface area contributed by atoms with Gasteiger partial charge in [0.1, 0.15) is 0 Å². The van der Waals surface area contributed by atoms with Crippen LogP contribution in [0.1, 0.15) is 39.8 Å². The third-order valence-corrected chi connectivity index (χ3v) is 5.35. The van der Waals surface area contributed by atoms with Gasteiger partial charge in [-0.15, -0.1) is 11.3 Å². The molecule has 1 aliphatic rings. The van der Waals surface area contributed by atoms with Gasteiger partial charge in [0, 0.05) is 18.1 Å². The van der Waals surface area contributed by atoms with E-state index in [1.807, 2.05) is 0 Å². The molecule has 2 amide bonds. The Morgan fingerprint density at radius 3 is 2.63 bits per heavy atom. The Balaban J connectivity index is 1.74. The normalized spacial score (nSPS) is 14.7. The van der Waals surface area contributed by atoms with Crippen molar-refractivity contribution < 1.29 is 19.1 Å². The highest BCUT2D eigenvalue weighted by Crippen LogP contribution is 2.24. The van der Waals surface area contributed by atoms with Crippen LogP contribution in [0.15, 0.2) is 35.7 Å². The number of ether oxygens (including phenoxy) is 1. The van der Waals surface area contributed by atoms with E-state index in [0.29, 0.717) is 23.0 Å². The summed E-state index contributed by atoms with van der Waals surface area (Å²) in [4.78, 5) is 39.4. The van der Waals surface area contributed by atoms with Crippen molar-refractivity contribution in [2.75, 3.05) is 18.4 Å². The van der Waals surface area contributed by atoms with E-state index in [1.54, 1.807) is 29.3 Å². The number of carbonyl (C=O) groups is 3. The molecule has 1 N–H and O–H groups in total. The van der Waals surface area contributed by atoms with Crippen LogP contribution in [-0.4, -0.2) is 41.9 Å². The van der Waals surface area contributed by atoms with E-state index in [9.17, 15) is 14.4 Å². The number of hydrogen-bond donors (Lipinski definition) is 1. The Hall–Kier alpha value is -2.38. The van der Waals surface area contributed by atoms with Crippen molar-refractivity contribution in [2.45, 2.75) is 25.9 Å². The maximum absolute atomic E-state index is 12.6. The molecule has 142 valence electrons. The van der Waals surface area contributed by atoms with Gasteiger partial charge < -0.3 is 15.0 Å². The second kappa shape index (κ2) is 8.54. The van der Waals surface area contributed by atoms with Gasteiger partial charge in [-0.2, -0.15) is 0 Å². The number of nitrogens with zero attached hydrogens (tertiary/aromatic N) is 1. The van der Waals surface area contributed by atoms with Gasteiger partial charge in [0.15, 0.2) is 6.10 Å². The van der Waals surface area contributed by atoms with Gasteiger partial charge in [0.05, 0.1) is 16.1 Å². The quantitative estimate of drug-likeness (QED) is 0.766. The van der Waals surface area contributed by atoms with Crippen LogP contribution in [0.2, 0.25) is 5.02 Å². The predicted molar refractivity (Wildman–Crippen MR) is 104 cm³/mol. The van der Waals surface area contributed by atoms with Gasteiger partial charge in [-0.1, -0.05) is 17.7 Å². The lowest BCUT2D eigenvalue weighted by molar-refractivity contribution is -0.138. The minimum atomic E-state index is -0.896. The Morgan fingerprint density at radius 2 is 1.96 bits per heavy atom. The molecule has 0 aliphatic carbocycles. The molecule has 0 spiro atoms. The molecule has 1 fully saturated rings. The fourth-order valence-corrected chi connectivity index (χ4v) is 3.65. The third kappa shape index (κ3) is 4.67. The SMILES string of the molecule is C[C@H](OC(=O)c1ccc(Cl)cc1NC(=O)c1cccs1)C(=O)N1CCCC1. The highest BCUT2D eigenvalue weighted by Gasteiger charge is 2.27. The summed E-state index contributed by atoms with van der Waals surface area (Å²) in [6.07, 6.45) is 1.03. The lowest BCUT2D eigenvalue weighted by Gasteiger charge is -2.21. The average Bonchev–Trinajstić information content (AvgIpc) is 3.34. The molecule has 6 nitrogen and oxygen atoms in total. The summed E-state index contributed by atoms with van der Waals surface area (Å²) in [5.74, 6) is -1.24. The van der Waals surface area contributed by atoms with E-state index >= 15 is 0 Å². The van der Waals surface area contributed by atoms with Crippen LogP contribution in [0.25, 0.3) is 0 Å². The van der Waals surface area contributed by atoms with E-state index < -0.39 is 12.1 Å². The first-order valence-corrected chi connectivity index (χ1v) is 9.85. The van der Waals surface area contributed by atoms with Crippen molar-refractivity contribution in [3.8, 4) is 0 Å². The smallest absolute Gasteiger partial charge is 0.341 e. The van der Waals surface area contributed by atoms with E-state index in [0.717, 1.165) is 12.8 Å². The highest BCUT2D eigenvalue weighted by atomic mass is 35.5. The van der Waals surface area contributed by atoms with Crippen LogP contribution in [-0.2, 0) is 9.53 Å². The number of nitrogens with one attached hydrogen (secondary N) is 1. The van der Waals surface area contributed by atoms with Gasteiger partial charge in [0.25, 0.3) is 11.8 Å². The zero-order valence-electron chi connectivity index (χ0n) is 14.7. The van der Waals surface area contributed by atoms with Crippen LogP contribution in [0, 0.1) is 0 Å². The van der Waals surface area contributed by atoms with Crippen LogP contribution in [0.5, 0.6) is 0 Å². The number of esters is 1. The van der Waals surface area contributed by atoms with Gasteiger partial charge >= 0.3 is 5.97 Å². The number of rotatable bonds is 5. The lowest BCUT2D eigenvalue weighted by atomic mass is 10.1. The van der Waals surface area contributed by atoms with E-state index in [4.69, 9.17) is 16.3 Å². The molecule has 0 bridgehead atoms. The van der Waals surface area contributed by atoms with Gasteiger partial charge in [-0.25, -0.2) is 4.79 Å². The molecule has 1 aliphatic heterocycles. The fraction of sp³-hybridized carbons (Fsp3) is 0.316. The maximum Gasteiger partial charge on any atom is 0.341 e. The third-order valence-electron chi connectivity index (χ3n) is 4.24. The highest BCUT2D eigenvalue weighted by molar-refractivity contribution is 7.12. The molecule has 2 aromatic rings. The molecule has 0 saturated carbocycles. The number of carbonyl (C=O) groups excluding carboxylic acids is 3. The Kier molecular flexibility index (Phi) is 6.13. The predicted octanol–water partition coefficient (Wildman–Crippen LogP) is 3.82. The van der Waals surface area contributed by atoms with Crippen LogP contribution in [0.3, 0.4) is 0 Å². The number of halogens is 1. The minimum Gasteiger partial charge on any atom is -0.449 e. The first-order chi connectivity index (χ1) is 13.0. The number of thiophene rings is 1. The maximum atomic E-state index is 12.6. The number of likely N-dealkylation sites (tertiary alicyclic amines) is 1. The number of amides is 2. The average molecular weight is 407 g/mol. The largest absolute Gasteiger partial charge is 0.449 e. The zero-order valence-corrected chi connectivity index (χ0v) is 16.3. The molecular weight excluding hydrogens is 388 g/mol. The van der Waals surface area contributed by atoms with Crippen LogP contribution < -0.4 is 5.32 Å². The van der Waals surface area contributed by atoms with Crippen molar-refractivity contribution in [2.24, 2.45) is 0 Å². The number of benzene rings is 1. The standard InChI is InChI=1S/C19H19ClN2O4S/c1-12(18(24)22-8-2-3-9-22)26-19(25)14-7-6-13(20)11-15(14)21-17(23)16-5-4-10-27-16/h4-7,10-12H,2-3,8-9H2,1H3,(H,21,23)/t12-/m0/s1. The second-order valence-electron chi connectivity index (χ2n) is 6.20. The summed E-state index contributed by atoms with van der Waals surface area (Å²) in [6, 6.07) is 7.93. The fourth-order valence-electron chi connectivity index (χ4n) is 2.86. The van der Waals surface area contributed by atoms with Gasteiger partial charge in [-0.05, 0) is 49.4 Å². The summed E-state index contributed by atoms with van der Waals surface area (Å²) < 4.78 is 5.34. The summed E-state index contributed by atoms with van der Waals surface area (Å²) in [7, 11) is 0. The number of hydrogen-bond acceptors (Lipinski definition) is 5. The van der Waals surface area contributed by atoms with Crippen molar-refractivity contribution in [3.05, 3.63) is 51.2 Å². The second-order valence-corrected chi connectivity index (χ2v) is 7.59. The molecule has 2 heterocycles. The van der Waals surface area contributed by atoms with E-state index in [1.165, 1.54) is 29.5 Å². The minimum absolute atomic E-state index is 0.144. The van der Waals surface area contributed by atoms with Gasteiger partial charge in [0.2, 0.25) is 0 Å². The molecule has 1 saturated heterocycles. The zero-order chi connectivity index (χ0) is 19.4. The molecular formula is C19H19ClN2O4S. The molecule has 1 aromatic heterocycles. The molecule has 0 unspecified atom stereocenters. The van der Waals surface area contributed by atoms with Crippen molar-refractivity contribution in [1.29, 1.82) is 0 Å². The van der Waals surface area contributed by atoms with Crippen LogP contribution in [0.4, 0.5) is 5.69 Å². The van der Waals surface area contributed by atoms with E-state index in [2.05, 4.69) is 5.32 Å². The van der Waals surface area contributed by atoms with Crippen LogP contribution >= 0.6 is 22.9 Å². The Morgan fingerprint density at radius 1 is 1.22 bits per heavy atom. The van der Waals surface area contributed by atoms with Crippen molar-refractivity contribution in [1.82, 2.24) is 4.90 Å². The summed E-state index contributed by atoms with van der Waals surface area (Å²) in [6.45, 7) is 2.92. The molecule has 0 radical (unpaired) electrons. The topological polar surface area (TPSA) is 75.7 Å². The molecule has 1 aromatic carbocycles. The summed E-state index contributed by atoms with van der Waals surface area (Å²) >= 11 is 7.30. The molecule has 1 atom stereocenters. The molecule has 8 heteroatoms. The number of anilines is 1. The van der Waals surface area contributed by atoms with Crippen molar-refractivity contribution >= 4 is 46.4 Å². The Bertz CT molecular complexity index is 847. The Labute approximate surface area is 166 Å². The first-order valence-electron chi connectivity index (χ1n) is 8.60. The molecule has 3 rings (SSSR count). The van der Waals surface area contributed by atoms with E-state index in [-0.39, 0.29) is 23.1 Å². The molecule has 27 heavy (non-hydrogen) atoms. The monoisotopic (exact) mass is 406 g/mol. The van der Waals surface area contributed by atoms with Crippen molar-refractivity contribution in [3.63, 3.8) is 0 Å². The summed E-state index contributed by atoms with van der Waals surface area (Å²) in [5, 5.41) is 4.84.